The second-order valence-electron chi connectivity index (χ2n) is 4.41. The Hall–Kier alpha value is -2.50. The summed E-state index contributed by atoms with van der Waals surface area (Å²) in [5, 5.41) is 2.80. The van der Waals surface area contributed by atoms with Crippen LogP contribution in [-0.2, 0) is 11.3 Å². The van der Waals surface area contributed by atoms with Crippen LogP contribution >= 0.6 is 0 Å². The van der Waals surface area contributed by atoms with E-state index >= 15 is 0 Å². The standard InChI is InChI=1S/C14H18N4O2/c1-20-11-4-5-13(12(15)9-11)17-14(19)3-2-7-18-8-6-16-10-18/h4-6,8-10H,2-3,7,15H2,1H3,(H,17,19). The largest absolute Gasteiger partial charge is 0.497 e. The van der Waals surface area contributed by atoms with Crippen LogP contribution in [0, 0.1) is 0 Å². The van der Waals surface area contributed by atoms with Crippen LogP contribution < -0.4 is 15.8 Å². The number of imidazole rings is 1. The lowest BCUT2D eigenvalue weighted by Gasteiger charge is -2.09. The van der Waals surface area contributed by atoms with Crippen molar-refractivity contribution in [1.82, 2.24) is 9.55 Å². The van der Waals surface area contributed by atoms with Gasteiger partial charge in [0.05, 0.1) is 24.8 Å². The predicted molar refractivity (Wildman–Crippen MR) is 77.5 cm³/mol. The number of nitrogens with one attached hydrogen (secondary N) is 1. The second-order valence-corrected chi connectivity index (χ2v) is 4.41. The van der Waals surface area contributed by atoms with Crippen molar-refractivity contribution in [1.29, 1.82) is 0 Å². The van der Waals surface area contributed by atoms with E-state index in [1.165, 1.54) is 0 Å². The van der Waals surface area contributed by atoms with E-state index in [0.29, 0.717) is 23.5 Å². The molecule has 106 valence electrons. The van der Waals surface area contributed by atoms with Crippen molar-refractivity contribution >= 4 is 17.3 Å². The highest BCUT2D eigenvalue weighted by atomic mass is 16.5. The van der Waals surface area contributed by atoms with Gasteiger partial charge in [0, 0.05) is 31.4 Å². The van der Waals surface area contributed by atoms with Crippen LogP contribution in [0.4, 0.5) is 11.4 Å². The number of nitrogen functional groups attached to an aromatic ring is 1. The Kier molecular flexibility index (Phi) is 4.60. The average Bonchev–Trinajstić information content (AvgIpc) is 2.94. The predicted octanol–water partition coefficient (Wildman–Crippen LogP) is 1.89. The van der Waals surface area contributed by atoms with Crippen LogP contribution in [0.25, 0.3) is 0 Å². The summed E-state index contributed by atoms with van der Waals surface area (Å²) in [4.78, 5) is 15.8. The SMILES string of the molecule is COc1ccc(NC(=O)CCCn2ccnc2)c(N)c1. The highest BCUT2D eigenvalue weighted by molar-refractivity contribution is 5.93. The molecule has 3 N–H and O–H groups in total. The molecule has 0 bridgehead atoms. The molecule has 0 radical (unpaired) electrons. The van der Waals surface area contributed by atoms with Crippen molar-refractivity contribution in [3.05, 3.63) is 36.9 Å². The zero-order valence-corrected chi connectivity index (χ0v) is 11.4. The van der Waals surface area contributed by atoms with Gasteiger partial charge in [-0.3, -0.25) is 4.79 Å². The molecule has 2 rings (SSSR count). The molecular weight excluding hydrogens is 256 g/mol. The van der Waals surface area contributed by atoms with Gasteiger partial charge >= 0.3 is 0 Å². The fourth-order valence-corrected chi connectivity index (χ4v) is 1.84. The lowest BCUT2D eigenvalue weighted by molar-refractivity contribution is -0.116. The van der Waals surface area contributed by atoms with Crippen molar-refractivity contribution in [2.45, 2.75) is 19.4 Å². The first kappa shape index (κ1) is 13.9. The van der Waals surface area contributed by atoms with Gasteiger partial charge < -0.3 is 20.4 Å². The number of anilines is 2. The maximum absolute atomic E-state index is 11.8. The summed E-state index contributed by atoms with van der Waals surface area (Å²) in [7, 11) is 1.57. The quantitative estimate of drug-likeness (QED) is 0.788. The topological polar surface area (TPSA) is 82.2 Å². The van der Waals surface area contributed by atoms with Gasteiger partial charge in [0.1, 0.15) is 5.75 Å². The molecule has 0 aliphatic heterocycles. The van der Waals surface area contributed by atoms with Gasteiger partial charge in [0.15, 0.2) is 0 Å². The lowest BCUT2D eigenvalue weighted by atomic mass is 10.2. The van der Waals surface area contributed by atoms with Crippen LogP contribution in [0.3, 0.4) is 0 Å². The highest BCUT2D eigenvalue weighted by Crippen LogP contribution is 2.24. The van der Waals surface area contributed by atoms with Crippen LogP contribution in [0.15, 0.2) is 36.9 Å². The van der Waals surface area contributed by atoms with Crippen molar-refractivity contribution in [3.8, 4) is 5.75 Å². The molecule has 0 fully saturated rings. The number of methoxy groups -OCH3 is 1. The number of aromatic nitrogens is 2. The van der Waals surface area contributed by atoms with Gasteiger partial charge in [-0.1, -0.05) is 0 Å². The molecule has 0 saturated carbocycles. The Balaban J connectivity index is 1.82. The third-order valence-electron chi connectivity index (χ3n) is 2.91. The van der Waals surface area contributed by atoms with Gasteiger partial charge in [-0.25, -0.2) is 4.98 Å². The zero-order chi connectivity index (χ0) is 14.4. The van der Waals surface area contributed by atoms with Crippen molar-refractivity contribution < 1.29 is 9.53 Å². The van der Waals surface area contributed by atoms with E-state index in [9.17, 15) is 4.79 Å². The Labute approximate surface area is 117 Å². The van der Waals surface area contributed by atoms with Gasteiger partial charge in [-0.2, -0.15) is 0 Å². The van der Waals surface area contributed by atoms with E-state index in [1.54, 1.807) is 37.8 Å². The molecule has 1 aromatic carbocycles. The van der Waals surface area contributed by atoms with Gasteiger partial charge in [0.25, 0.3) is 0 Å². The Bertz CT molecular complexity index is 567. The van der Waals surface area contributed by atoms with E-state index in [1.807, 2.05) is 10.8 Å². The molecule has 20 heavy (non-hydrogen) atoms. The minimum atomic E-state index is -0.0537. The number of rotatable bonds is 6. The Morgan fingerprint density at radius 2 is 2.35 bits per heavy atom. The number of benzene rings is 1. The minimum absolute atomic E-state index is 0.0537. The molecule has 0 aliphatic carbocycles. The molecule has 0 spiro atoms. The summed E-state index contributed by atoms with van der Waals surface area (Å²) < 4.78 is 7.00. The van der Waals surface area contributed by atoms with Gasteiger partial charge in [0.2, 0.25) is 5.91 Å². The number of ether oxygens (including phenoxy) is 1. The number of aryl methyl sites for hydroxylation is 1. The fraction of sp³-hybridized carbons (Fsp3) is 0.286. The van der Waals surface area contributed by atoms with E-state index in [4.69, 9.17) is 10.5 Å². The number of hydrogen-bond acceptors (Lipinski definition) is 4. The van der Waals surface area contributed by atoms with Crippen LogP contribution in [0.1, 0.15) is 12.8 Å². The van der Waals surface area contributed by atoms with Crippen LogP contribution in [-0.4, -0.2) is 22.6 Å². The fourth-order valence-electron chi connectivity index (χ4n) is 1.84. The number of amides is 1. The maximum atomic E-state index is 11.8. The Morgan fingerprint density at radius 1 is 1.50 bits per heavy atom. The summed E-state index contributed by atoms with van der Waals surface area (Å²) in [6.07, 6.45) is 6.51. The molecule has 2 aromatic rings. The second kappa shape index (κ2) is 6.60. The smallest absolute Gasteiger partial charge is 0.224 e. The van der Waals surface area contributed by atoms with Crippen LogP contribution in [0.5, 0.6) is 5.75 Å². The zero-order valence-electron chi connectivity index (χ0n) is 11.4. The molecule has 0 atom stereocenters. The van der Waals surface area contributed by atoms with E-state index in [2.05, 4.69) is 10.3 Å². The normalized spacial score (nSPS) is 10.2. The molecule has 1 amide bonds. The molecule has 0 unspecified atom stereocenters. The first-order valence-corrected chi connectivity index (χ1v) is 6.38. The number of carbonyl (C=O) groups excluding carboxylic acids is 1. The summed E-state index contributed by atoms with van der Waals surface area (Å²) >= 11 is 0. The Morgan fingerprint density at radius 3 is 3.00 bits per heavy atom. The lowest BCUT2D eigenvalue weighted by Crippen LogP contribution is -2.13. The molecule has 1 aromatic heterocycles. The third kappa shape index (κ3) is 3.74. The first-order chi connectivity index (χ1) is 9.69. The third-order valence-corrected chi connectivity index (χ3v) is 2.91. The van der Waals surface area contributed by atoms with Crippen molar-refractivity contribution in [2.75, 3.05) is 18.2 Å². The summed E-state index contributed by atoms with van der Waals surface area (Å²) in [6, 6.07) is 5.18. The summed E-state index contributed by atoms with van der Waals surface area (Å²) in [6.45, 7) is 0.769. The number of nitrogens with zero attached hydrogens (tertiary/aromatic N) is 2. The van der Waals surface area contributed by atoms with Gasteiger partial charge in [-0.15, -0.1) is 0 Å². The first-order valence-electron chi connectivity index (χ1n) is 6.38. The maximum Gasteiger partial charge on any atom is 0.224 e. The van der Waals surface area contributed by atoms with Crippen LogP contribution in [0.2, 0.25) is 0 Å². The molecular formula is C14H18N4O2. The van der Waals surface area contributed by atoms with Crippen molar-refractivity contribution in [2.24, 2.45) is 0 Å². The molecule has 0 aliphatic rings. The summed E-state index contributed by atoms with van der Waals surface area (Å²) in [5.74, 6) is 0.614. The monoisotopic (exact) mass is 274 g/mol. The van der Waals surface area contributed by atoms with Crippen molar-refractivity contribution in [3.63, 3.8) is 0 Å². The number of hydrogen-bond donors (Lipinski definition) is 2. The summed E-state index contributed by atoms with van der Waals surface area (Å²) in [5.41, 5.74) is 6.95. The molecule has 6 nitrogen and oxygen atoms in total. The number of nitrogens with two attached hydrogens (primary N) is 1. The minimum Gasteiger partial charge on any atom is -0.497 e. The van der Waals surface area contributed by atoms with Gasteiger partial charge in [-0.05, 0) is 18.6 Å². The van der Waals surface area contributed by atoms with E-state index < -0.39 is 0 Å². The molecule has 0 saturated heterocycles. The average molecular weight is 274 g/mol. The molecule has 6 heteroatoms. The van der Waals surface area contributed by atoms with E-state index in [0.717, 1.165) is 13.0 Å². The van der Waals surface area contributed by atoms with E-state index in [-0.39, 0.29) is 5.91 Å². The highest BCUT2D eigenvalue weighted by Gasteiger charge is 2.06. The number of carbonyl (C=O) groups is 1. The molecule has 1 heterocycles.